The van der Waals surface area contributed by atoms with Gasteiger partial charge in [0.1, 0.15) is 0 Å². The largest absolute Gasteiger partial charge is 0.292 e. The molecule has 0 aromatic carbocycles. The molecule has 1 saturated heterocycles. The predicted octanol–water partition coefficient (Wildman–Crippen LogP) is 4.61. The highest BCUT2D eigenvalue weighted by Gasteiger charge is 2.46. The van der Waals surface area contributed by atoms with Crippen molar-refractivity contribution in [3.63, 3.8) is 0 Å². The van der Waals surface area contributed by atoms with Crippen molar-refractivity contribution in [2.75, 3.05) is 6.54 Å². The molecule has 0 radical (unpaired) electrons. The van der Waals surface area contributed by atoms with Crippen molar-refractivity contribution in [2.45, 2.75) is 90.6 Å². The summed E-state index contributed by atoms with van der Waals surface area (Å²) in [6.07, 6.45) is 9.53. The smallest absolute Gasteiger partial charge is 0.0209 e. The maximum absolute atomic E-state index is 2.86. The lowest BCUT2D eigenvalue weighted by atomic mass is 9.71. The summed E-state index contributed by atoms with van der Waals surface area (Å²) in [5, 5.41) is 0. The van der Waals surface area contributed by atoms with E-state index in [4.69, 9.17) is 0 Å². The van der Waals surface area contributed by atoms with Crippen molar-refractivity contribution >= 4 is 0 Å². The Kier molecular flexibility index (Phi) is 4.85. The third kappa shape index (κ3) is 2.03. The van der Waals surface area contributed by atoms with E-state index in [1.165, 1.54) is 51.5 Å². The van der Waals surface area contributed by atoms with Gasteiger partial charge in [-0.3, -0.25) is 4.90 Å². The van der Waals surface area contributed by atoms with Gasteiger partial charge in [-0.25, -0.2) is 0 Å². The van der Waals surface area contributed by atoms with Crippen LogP contribution < -0.4 is 0 Å². The Morgan fingerprint density at radius 3 is 1.38 bits per heavy atom. The molecule has 0 saturated carbocycles. The van der Waals surface area contributed by atoms with Crippen LogP contribution in [0.4, 0.5) is 0 Å². The fraction of sp³-hybridized carbons (Fsp3) is 1.00. The Morgan fingerprint density at radius 2 is 1.12 bits per heavy atom. The minimum absolute atomic E-state index is 0.499. The average molecular weight is 225 g/mol. The van der Waals surface area contributed by atoms with E-state index in [0.717, 1.165) is 0 Å². The highest BCUT2D eigenvalue weighted by Crippen LogP contribution is 2.45. The normalized spacial score (nSPS) is 24.6. The van der Waals surface area contributed by atoms with E-state index in [-0.39, 0.29) is 0 Å². The van der Waals surface area contributed by atoms with E-state index in [1.807, 2.05) is 0 Å². The number of hydrogen-bond donors (Lipinski definition) is 0. The fourth-order valence-electron chi connectivity index (χ4n) is 4.16. The van der Waals surface area contributed by atoms with Gasteiger partial charge in [0.25, 0.3) is 0 Å². The van der Waals surface area contributed by atoms with Crippen molar-refractivity contribution in [2.24, 2.45) is 0 Å². The lowest BCUT2D eigenvalue weighted by Gasteiger charge is -2.58. The van der Waals surface area contributed by atoms with Crippen molar-refractivity contribution in [1.29, 1.82) is 0 Å². The second kappa shape index (κ2) is 5.53. The highest BCUT2D eigenvalue weighted by atomic mass is 15.3. The van der Waals surface area contributed by atoms with Gasteiger partial charge in [0, 0.05) is 11.1 Å². The Morgan fingerprint density at radius 1 is 0.750 bits per heavy atom. The first-order valence-corrected chi connectivity index (χ1v) is 7.42. The van der Waals surface area contributed by atoms with Crippen LogP contribution >= 0.6 is 0 Å². The molecule has 0 atom stereocenters. The maximum Gasteiger partial charge on any atom is 0.0209 e. The summed E-state index contributed by atoms with van der Waals surface area (Å²) in [7, 11) is 0. The molecule has 0 N–H and O–H groups in total. The van der Waals surface area contributed by atoms with Crippen LogP contribution in [0.5, 0.6) is 0 Å². The quantitative estimate of drug-likeness (QED) is 0.660. The summed E-state index contributed by atoms with van der Waals surface area (Å²) >= 11 is 0. The van der Waals surface area contributed by atoms with E-state index >= 15 is 0 Å². The monoisotopic (exact) mass is 225 g/mol. The Hall–Kier alpha value is -0.0400. The van der Waals surface area contributed by atoms with Gasteiger partial charge < -0.3 is 0 Å². The van der Waals surface area contributed by atoms with E-state index in [9.17, 15) is 0 Å². The molecule has 16 heavy (non-hydrogen) atoms. The lowest BCUT2D eigenvalue weighted by molar-refractivity contribution is -0.0706. The molecule has 1 rings (SSSR count). The number of likely N-dealkylation sites (tertiary alicyclic amines) is 1. The molecular weight excluding hydrogens is 194 g/mol. The number of rotatable bonds is 5. The highest BCUT2D eigenvalue weighted by molar-refractivity contribution is 5.02. The van der Waals surface area contributed by atoms with E-state index in [1.54, 1.807) is 0 Å². The van der Waals surface area contributed by atoms with Crippen LogP contribution in [0.15, 0.2) is 0 Å². The predicted molar refractivity (Wildman–Crippen MR) is 72.9 cm³/mol. The molecule has 0 aliphatic carbocycles. The first kappa shape index (κ1) is 14.0. The minimum Gasteiger partial charge on any atom is -0.292 e. The second-order valence-corrected chi connectivity index (χ2v) is 5.46. The van der Waals surface area contributed by atoms with Crippen molar-refractivity contribution in [3.8, 4) is 0 Å². The summed E-state index contributed by atoms with van der Waals surface area (Å²) in [6.45, 7) is 13.1. The lowest BCUT2D eigenvalue weighted by Crippen LogP contribution is -2.62. The van der Waals surface area contributed by atoms with Gasteiger partial charge in [-0.15, -0.1) is 0 Å². The van der Waals surface area contributed by atoms with Crippen LogP contribution in [-0.4, -0.2) is 22.5 Å². The zero-order chi connectivity index (χ0) is 12.2. The van der Waals surface area contributed by atoms with E-state index in [2.05, 4.69) is 39.5 Å². The van der Waals surface area contributed by atoms with Gasteiger partial charge in [0.15, 0.2) is 0 Å². The van der Waals surface area contributed by atoms with Crippen molar-refractivity contribution in [1.82, 2.24) is 4.90 Å². The van der Waals surface area contributed by atoms with Crippen LogP contribution in [0.25, 0.3) is 0 Å². The molecule has 1 aliphatic rings. The summed E-state index contributed by atoms with van der Waals surface area (Å²) in [5.41, 5.74) is 0.998. The van der Waals surface area contributed by atoms with E-state index in [0.29, 0.717) is 11.1 Å². The van der Waals surface area contributed by atoms with Gasteiger partial charge in [-0.05, 0) is 51.5 Å². The van der Waals surface area contributed by atoms with Gasteiger partial charge in [-0.1, -0.05) is 34.6 Å². The standard InChI is InChI=1S/C15H31N/c1-6-14(7-2)12-11-13-15(8-3,9-4)16(14)10-5/h6-13H2,1-5H3. The Bertz CT molecular complexity index is 181. The number of nitrogens with zero attached hydrogens (tertiary/aromatic N) is 1. The zero-order valence-corrected chi connectivity index (χ0v) is 12.1. The van der Waals surface area contributed by atoms with Crippen molar-refractivity contribution in [3.05, 3.63) is 0 Å². The summed E-state index contributed by atoms with van der Waals surface area (Å²) < 4.78 is 0. The van der Waals surface area contributed by atoms with E-state index < -0.39 is 0 Å². The Labute approximate surface area is 103 Å². The molecule has 1 fully saturated rings. The molecule has 0 aromatic rings. The van der Waals surface area contributed by atoms with Gasteiger partial charge in [-0.2, -0.15) is 0 Å². The third-order valence-corrected chi connectivity index (χ3v) is 5.38. The van der Waals surface area contributed by atoms with Gasteiger partial charge in [0.05, 0.1) is 0 Å². The average Bonchev–Trinajstić information content (AvgIpc) is 2.37. The molecule has 1 nitrogen and oxygen atoms in total. The molecule has 0 unspecified atom stereocenters. The first-order chi connectivity index (χ1) is 7.64. The maximum atomic E-state index is 2.86. The minimum atomic E-state index is 0.499. The van der Waals surface area contributed by atoms with Gasteiger partial charge in [0.2, 0.25) is 0 Å². The fourth-order valence-corrected chi connectivity index (χ4v) is 4.16. The van der Waals surface area contributed by atoms with Crippen LogP contribution in [0, 0.1) is 0 Å². The molecule has 1 heteroatoms. The molecule has 0 aromatic heterocycles. The number of hydrogen-bond acceptors (Lipinski definition) is 1. The van der Waals surface area contributed by atoms with Crippen LogP contribution in [0.2, 0.25) is 0 Å². The molecule has 0 spiro atoms. The summed E-state index contributed by atoms with van der Waals surface area (Å²) in [5.74, 6) is 0. The number of piperidine rings is 1. The first-order valence-electron chi connectivity index (χ1n) is 7.42. The van der Waals surface area contributed by atoms with Crippen LogP contribution in [-0.2, 0) is 0 Å². The van der Waals surface area contributed by atoms with Crippen LogP contribution in [0.1, 0.15) is 79.6 Å². The topological polar surface area (TPSA) is 3.24 Å². The van der Waals surface area contributed by atoms with Crippen LogP contribution in [0.3, 0.4) is 0 Å². The molecule has 0 bridgehead atoms. The Balaban J connectivity index is 3.04. The summed E-state index contributed by atoms with van der Waals surface area (Å²) in [6, 6.07) is 0. The molecule has 96 valence electrons. The molecule has 1 heterocycles. The molecule has 0 amide bonds. The SMILES string of the molecule is CCN1C(CC)(CC)CCCC1(CC)CC. The third-order valence-electron chi connectivity index (χ3n) is 5.38. The van der Waals surface area contributed by atoms with Crippen molar-refractivity contribution < 1.29 is 0 Å². The summed E-state index contributed by atoms with van der Waals surface area (Å²) in [4.78, 5) is 2.86. The second-order valence-electron chi connectivity index (χ2n) is 5.46. The molecule has 1 aliphatic heterocycles. The van der Waals surface area contributed by atoms with Gasteiger partial charge >= 0.3 is 0 Å². The molecular formula is C15H31N. The zero-order valence-electron chi connectivity index (χ0n) is 12.1.